The van der Waals surface area contributed by atoms with Crippen molar-refractivity contribution in [2.45, 2.75) is 38.5 Å². The lowest BCUT2D eigenvalue weighted by molar-refractivity contribution is 0.450. The molecule has 1 unspecified atom stereocenters. The fraction of sp³-hybridized carbons (Fsp3) is 0.231. The predicted octanol–water partition coefficient (Wildman–Crippen LogP) is 6.91. The number of aromatic hydroxyl groups is 1. The van der Waals surface area contributed by atoms with Crippen LogP contribution in [0, 0.1) is 6.92 Å². The summed E-state index contributed by atoms with van der Waals surface area (Å²) in [5, 5.41) is 11.2. The average molecular weight is 447 g/mol. The monoisotopic (exact) mass is 446 g/mol. The van der Waals surface area contributed by atoms with Crippen molar-refractivity contribution in [2.24, 2.45) is 0 Å². The molecule has 5 rings (SSSR count). The highest BCUT2D eigenvalue weighted by atomic mass is 79.9. The number of ether oxygens (including phenoxy) is 1. The largest absolute Gasteiger partial charge is 0.507 e. The zero-order valence-corrected chi connectivity index (χ0v) is 18.0. The highest BCUT2D eigenvalue weighted by Crippen LogP contribution is 2.46. The maximum atomic E-state index is 11.2. The van der Waals surface area contributed by atoms with E-state index in [1.165, 1.54) is 17.5 Å². The Bertz CT molecular complexity index is 1110. The van der Waals surface area contributed by atoms with Crippen molar-refractivity contribution >= 4 is 21.7 Å². The van der Waals surface area contributed by atoms with Gasteiger partial charge in [-0.2, -0.15) is 0 Å². The summed E-state index contributed by atoms with van der Waals surface area (Å²) in [6.45, 7) is 2.08. The Morgan fingerprint density at radius 1 is 0.931 bits per heavy atom. The van der Waals surface area contributed by atoms with Crippen LogP contribution in [-0.2, 0) is 12.8 Å². The first-order chi connectivity index (χ1) is 14.1. The van der Waals surface area contributed by atoms with Gasteiger partial charge < -0.3 is 9.84 Å². The van der Waals surface area contributed by atoms with Crippen molar-refractivity contribution < 1.29 is 9.84 Å². The van der Waals surface area contributed by atoms with Crippen molar-refractivity contribution in [3.63, 3.8) is 0 Å². The van der Waals surface area contributed by atoms with Gasteiger partial charge in [-0.3, -0.25) is 0 Å². The first kappa shape index (κ1) is 18.5. The van der Waals surface area contributed by atoms with Gasteiger partial charge in [-0.05, 0) is 68.0 Å². The number of halogens is 1. The third kappa shape index (κ3) is 3.38. The maximum absolute atomic E-state index is 11.2. The van der Waals surface area contributed by atoms with Gasteiger partial charge in [0.2, 0.25) is 0 Å². The minimum atomic E-state index is -0.0558. The van der Waals surface area contributed by atoms with Crippen LogP contribution in [0.5, 0.6) is 11.5 Å². The predicted molar refractivity (Wildman–Crippen MR) is 121 cm³/mol. The van der Waals surface area contributed by atoms with E-state index in [2.05, 4.69) is 71.4 Å². The average Bonchev–Trinajstić information content (AvgIpc) is 2.74. The summed E-state index contributed by atoms with van der Waals surface area (Å²) in [5.41, 5.74) is 6.72. The van der Waals surface area contributed by atoms with E-state index in [9.17, 15) is 5.11 Å². The van der Waals surface area contributed by atoms with Crippen molar-refractivity contribution in [1.29, 1.82) is 0 Å². The minimum Gasteiger partial charge on any atom is -0.507 e. The summed E-state index contributed by atoms with van der Waals surface area (Å²) in [4.78, 5) is 0. The third-order valence-corrected chi connectivity index (χ3v) is 6.54. The van der Waals surface area contributed by atoms with Crippen molar-refractivity contribution in [3.05, 3.63) is 98.5 Å². The van der Waals surface area contributed by atoms with Crippen molar-refractivity contribution in [1.82, 2.24) is 0 Å². The Morgan fingerprint density at radius 2 is 1.72 bits per heavy atom. The first-order valence-electron chi connectivity index (χ1n) is 10.2. The van der Waals surface area contributed by atoms with Crippen LogP contribution < -0.4 is 4.74 Å². The van der Waals surface area contributed by atoms with Gasteiger partial charge in [0.05, 0.1) is 0 Å². The molecule has 0 spiro atoms. The second-order valence-corrected chi connectivity index (χ2v) is 8.92. The molecule has 0 fully saturated rings. The van der Waals surface area contributed by atoms with E-state index in [1.807, 2.05) is 12.1 Å². The van der Waals surface area contributed by atoms with Gasteiger partial charge in [0.25, 0.3) is 0 Å². The topological polar surface area (TPSA) is 29.5 Å². The molecule has 1 aliphatic heterocycles. The Kier molecular flexibility index (Phi) is 4.71. The molecule has 1 heterocycles. The van der Waals surface area contributed by atoms with Crippen molar-refractivity contribution in [3.8, 4) is 11.5 Å². The fourth-order valence-corrected chi connectivity index (χ4v) is 4.84. The zero-order valence-electron chi connectivity index (χ0n) is 16.4. The summed E-state index contributed by atoms with van der Waals surface area (Å²) in [7, 11) is 0. The Balaban J connectivity index is 1.67. The molecule has 3 heteroatoms. The first-order valence-corrected chi connectivity index (χ1v) is 11.0. The van der Waals surface area contributed by atoms with E-state index in [0.29, 0.717) is 5.75 Å². The molecule has 0 bridgehead atoms. The maximum Gasteiger partial charge on any atom is 0.131 e. The lowest BCUT2D eigenvalue weighted by Gasteiger charge is -2.28. The molecule has 146 valence electrons. The lowest BCUT2D eigenvalue weighted by Crippen LogP contribution is -2.12. The number of phenolic OH excluding ortho intramolecular Hbond substituents is 1. The van der Waals surface area contributed by atoms with Gasteiger partial charge in [-0.15, -0.1) is 0 Å². The number of hydrogen-bond donors (Lipinski definition) is 1. The smallest absolute Gasteiger partial charge is 0.131 e. The number of rotatable bonds is 2. The number of benzene rings is 3. The summed E-state index contributed by atoms with van der Waals surface area (Å²) in [5.74, 6) is 2.08. The van der Waals surface area contributed by atoms with Gasteiger partial charge >= 0.3 is 0 Å². The molecule has 1 N–H and O–H groups in total. The molecule has 0 amide bonds. The van der Waals surface area contributed by atoms with Crippen LogP contribution in [0.4, 0.5) is 0 Å². The molecule has 3 aromatic rings. The molecule has 2 nitrogen and oxygen atoms in total. The summed E-state index contributed by atoms with van der Waals surface area (Å²) < 4.78 is 7.28. The van der Waals surface area contributed by atoms with E-state index in [-0.39, 0.29) is 5.92 Å². The number of phenols is 1. The quantitative estimate of drug-likeness (QED) is 0.463. The highest BCUT2D eigenvalue weighted by Gasteiger charge is 2.28. The number of allylic oxidation sites excluding steroid dienone is 1. The molecule has 29 heavy (non-hydrogen) atoms. The lowest BCUT2D eigenvalue weighted by atomic mass is 9.82. The second kappa shape index (κ2) is 7.38. The van der Waals surface area contributed by atoms with E-state index in [1.54, 1.807) is 0 Å². The van der Waals surface area contributed by atoms with E-state index in [4.69, 9.17) is 4.74 Å². The number of fused-ring (bicyclic) bond motifs is 2. The van der Waals surface area contributed by atoms with Gasteiger partial charge in [-0.25, -0.2) is 0 Å². The van der Waals surface area contributed by atoms with Crippen LogP contribution in [0.15, 0.2) is 65.1 Å². The Morgan fingerprint density at radius 3 is 2.55 bits per heavy atom. The van der Waals surface area contributed by atoms with Gasteiger partial charge in [-0.1, -0.05) is 57.9 Å². The molecular formula is C26H23BrO2. The number of hydrogen-bond acceptors (Lipinski definition) is 2. The SMILES string of the molecule is Cc1ccc(C2=CC(c3ccc4c(c3O)CCCC4)c3cc(Br)ccc3O2)cc1. The Hall–Kier alpha value is -2.52. The molecule has 3 aromatic carbocycles. The van der Waals surface area contributed by atoms with Gasteiger partial charge in [0.15, 0.2) is 0 Å². The van der Waals surface area contributed by atoms with Crippen molar-refractivity contribution in [2.75, 3.05) is 0 Å². The van der Waals surface area contributed by atoms with E-state index in [0.717, 1.165) is 57.5 Å². The minimum absolute atomic E-state index is 0.0558. The van der Waals surface area contributed by atoms with E-state index < -0.39 is 0 Å². The van der Waals surface area contributed by atoms with Crippen LogP contribution in [0.1, 0.15) is 52.1 Å². The molecular weight excluding hydrogens is 424 g/mol. The molecule has 0 aromatic heterocycles. The molecule has 1 atom stereocenters. The molecule has 1 aliphatic carbocycles. The highest BCUT2D eigenvalue weighted by molar-refractivity contribution is 9.10. The van der Waals surface area contributed by atoms with Crippen LogP contribution in [0.3, 0.4) is 0 Å². The summed E-state index contributed by atoms with van der Waals surface area (Å²) in [6.07, 6.45) is 6.51. The summed E-state index contributed by atoms with van der Waals surface area (Å²) >= 11 is 3.60. The standard InChI is InChI=1S/C26H23BrO2/c1-16-6-8-18(9-7-16)25-15-22(23-14-19(27)11-13-24(23)29-25)21-12-10-17-4-2-3-5-20(17)26(21)28/h6-15,22,28H,2-5H2,1H3. The fourth-order valence-electron chi connectivity index (χ4n) is 4.46. The number of aryl methyl sites for hydroxylation is 2. The third-order valence-electron chi connectivity index (χ3n) is 6.05. The van der Waals surface area contributed by atoms with E-state index >= 15 is 0 Å². The molecule has 0 saturated carbocycles. The van der Waals surface area contributed by atoms with Gasteiger partial charge in [0, 0.05) is 27.1 Å². The van der Waals surface area contributed by atoms with Gasteiger partial charge in [0.1, 0.15) is 17.3 Å². The molecule has 0 saturated heterocycles. The summed E-state index contributed by atoms with van der Waals surface area (Å²) in [6, 6.07) is 18.8. The van der Waals surface area contributed by atoms with Crippen LogP contribution in [-0.4, -0.2) is 5.11 Å². The molecule has 0 radical (unpaired) electrons. The van der Waals surface area contributed by atoms with Crippen LogP contribution in [0.25, 0.3) is 5.76 Å². The van der Waals surface area contributed by atoms with Crippen LogP contribution in [0.2, 0.25) is 0 Å². The van der Waals surface area contributed by atoms with Crippen LogP contribution >= 0.6 is 15.9 Å². The molecule has 2 aliphatic rings. The zero-order chi connectivity index (χ0) is 20.0. The second-order valence-electron chi connectivity index (χ2n) is 8.01. The Labute approximate surface area is 180 Å². The normalized spacial score (nSPS) is 17.7.